The van der Waals surface area contributed by atoms with Crippen LogP contribution in [0.3, 0.4) is 0 Å². The zero-order valence-electron chi connectivity index (χ0n) is 17.7. The van der Waals surface area contributed by atoms with Gasteiger partial charge in [0, 0.05) is 37.1 Å². The minimum Gasteiger partial charge on any atom is -0.341 e. The molecule has 0 radical (unpaired) electrons. The number of carbonyl (C=O) groups excluding carboxylic acids is 1. The van der Waals surface area contributed by atoms with Gasteiger partial charge in [-0.15, -0.1) is 5.10 Å². The molecule has 0 aliphatic carbocycles. The summed E-state index contributed by atoms with van der Waals surface area (Å²) in [6, 6.07) is 19.5. The van der Waals surface area contributed by atoms with Crippen molar-refractivity contribution in [3.63, 3.8) is 0 Å². The van der Waals surface area contributed by atoms with E-state index in [0.29, 0.717) is 18.7 Å². The van der Waals surface area contributed by atoms with E-state index >= 15 is 0 Å². The zero-order chi connectivity index (χ0) is 21.9. The van der Waals surface area contributed by atoms with Gasteiger partial charge in [0.1, 0.15) is 5.69 Å². The van der Waals surface area contributed by atoms with Crippen molar-refractivity contribution in [1.29, 1.82) is 0 Å². The summed E-state index contributed by atoms with van der Waals surface area (Å²) < 4.78 is 1.71. The zero-order valence-corrected chi connectivity index (χ0v) is 17.7. The maximum Gasteiger partial charge on any atom is 0.253 e. The molecule has 0 unspecified atom stereocenters. The summed E-state index contributed by atoms with van der Waals surface area (Å²) in [6.07, 6.45) is 6.20. The van der Waals surface area contributed by atoms with E-state index in [9.17, 15) is 4.79 Å². The molecule has 0 fully saturated rings. The fourth-order valence-corrected chi connectivity index (χ4v) is 3.78. The van der Waals surface area contributed by atoms with Gasteiger partial charge in [-0.05, 0) is 53.9 Å². The summed E-state index contributed by atoms with van der Waals surface area (Å²) in [5.41, 5.74) is 6.56. The van der Waals surface area contributed by atoms with Gasteiger partial charge in [-0.3, -0.25) is 14.8 Å². The predicted octanol–water partition coefficient (Wildman–Crippen LogP) is 3.33. The van der Waals surface area contributed by atoms with Crippen molar-refractivity contribution in [2.45, 2.75) is 13.0 Å². The van der Waals surface area contributed by atoms with Crippen molar-refractivity contribution in [3.05, 3.63) is 107 Å². The van der Waals surface area contributed by atoms with Gasteiger partial charge >= 0.3 is 0 Å². The molecule has 5 rings (SSSR count). The lowest BCUT2D eigenvalue weighted by molar-refractivity contribution is 0.0796. The molecule has 1 aliphatic rings. The lowest BCUT2D eigenvalue weighted by Crippen LogP contribution is -2.28. The number of aromatic nitrogens is 4. The van der Waals surface area contributed by atoms with Crippen molar-refractivity contribution >= 4 is 11.6 Å². The van der Waals surface area contributed by atoms with E-state index in [4.69, 9.17) is 0 Å². The molecule has 2 aromatic heterocycles. The summed E-state index contributed by atoms with van der Waals surface area (Å²) in [5.74, 6) is -0.0122. The molecule has 2 aromatic carbocycles. The monoisotopic (exact) mass is 422 g/mol. The van der Waals surface area contributed by atoms with E-state index in [2.05, 4.69) is 32.4 Å². The van der Waals surface area contributed by atoms with Crippen LogP contribution < -0.4 is 0 Å². The highest BCUT2D eigenvalue weighted by Gasteiger charge is 2.20. The molecular weight excluding hydrogens is 400 g/mol. The number of amides is 1. The quantitative estimate of drug-likeness (QED) is 0.478. The fraction of sp³-hybridized carbons (Fsp3) is 0.160. The first kappa shape index (κ1) is 19.8. The van der Waals surface area contributed by atoms with Gasteiger partial charge < -0.3 is 4.90 Å². The van der Waals surface area contributed by atoms with Crippen LogP contribution in [-0.2, 0) is 13.0 Å². The first-order valence-electron chi connectivity index (χ1n) is 10.5. The molecule has 0 saturated heterocycles. The Morgan fingerprint density at radius 2 is 1.81 bits per heavy atom. The van der Waals surface area contributed by atoms with Crippen LogP contribution in [-0.4, -0.2) is 50.1 Å². The number of rotatable bonds is 6. The number of nitrogens with zero attached hydrogens (tertiary/aromatic N) is 6. The van der Waals surface area contributed by atoms with E-state index in [1.165, 1.54) is 5.56 Å². The molecule has 1 amide bonds. The highest BCUT2D eigenvalue weighted by molar-refractivity contribution is 6.13. The van der Waals surface area contributed by atoms with Gasteiger partial charge in [0.05, 0.1) is 24.1 Å². The molecule has 0 N–H and O–H groups in total. The SMILES string of the molecule is CN(CCc1ccncc1)C(=O)c1ccc(-n2cc(C3=NCc4ccccc43)nn2)cc1. The normalized spacial score (nSPS) is 12.3. The maximum absolute atomic E-state index is 12.8. The Balaban J connectivity index is 1.27. The largest absolute Gasteiger partial charge is 0.341 e. The summed E-state index contributed by atoms with van der Waals surface area (Å²) in [5, 5.41) is 8.58. The summed E-state index contributed by atoms with van der Waals surface area (Å²) in [6.45, 7) is 1.31. The van der Waals surface area contributed by atoms with E-state index in [1.54, 1.807) is 22.0 Å². The topological polar surface area (TPSA) is 76.3 Å². The molecular formula is C25H22N6O. The van der Waals surface area contributed by atoms with Crippen LogP contribution in [0.15, 0.2) is 84.2 Å². The lowest BCUT2D eigenvalue weighted by Gasteiger charge is -2.17. The van der Waals surface area contributed by atoms with Gasteiger partial charge in [-0.25, -0.2) is 4.68 Å². The minimum absolute atomic E-state index is 0.0122. The third-order valence-corrected chi connectivity index (χ3v) is 5.63. The number of likely N-dealkylation sites (N-methyl/N-ethyl adjacent to an activating group) is 1. The lowest BCUT2D eigenvalue weighted by atomic mass is 10.0. The number of hydrogen-bond donors (Lipinski definition) is 0. The van der Waals surface area contributed by atoms with Crippen molar-refractivity contribution < 1.29 is 4.79 Å². The predicted molar refractivity (Wildman–Crippen MR) is 122 cm³/mol. The summed E-state index contributed by atoms with van der Waals surface area (Å²) in [4.78, 5) is 23.2. The van der Waals surface area contributed by atoms with Gasteiger partial charge in [0.25, 0.3) is 5.91 Å². The Kier molecular flexibility index (Phi) is 5.29. The highest BCUT2D eigenvalue weighted by Crippen LogP contribution is 2.22. The van der Waals surface area contributed by atoms with E-state index in [1.807, 2.05) is 61.8 Å². The van der Waals surface area contributed by atoms with Gasteiger partial charge in [-0.2, -0.15) is 0 Å². The number of carbonyl (C=O) groups is 1. The van der Waals surface area contributed by atoms with Crippen LogP contribution in [0.5, 0.6) is 0 Å². The molecule has 1 aliphatic heterocycles. The number of pyridine rings is 1. The molecule has 4 aromatic rings. The van der Waals surface area contributed by atoms with Crippen LogP contribution >= 0.6 is 0 Å². The molecule has 3 heterocycles. The second-order valence-corrected chi connectivity index (χ2v) is 7.75. The number of aliphatic imine (C=N–C) groups is 1. The van der Waals surface area contributed by atoms with Gasteiger partial charge in [0.2, 0.25) is 0 Å². The number of hydrogen-bond acceptors (Lipinski definition) is 5. The number of fused-ring (bicyclic) bond motifs is 1. The summed E-state index contributed by atoms with van der Waals surface area (Å²) >= 11 is 0. The van der Waals surface area contributed by atoms with Crippen molar-refractivity contribution in [3.8, 4) is 5.69 Å². The Hall–Kier alpha value is -4.13. The van der Waals surface area contributed by atoms with Crippen LogP contribution in [0.25, 0.3) is 5.69 Å². The van der Waals surface area contributed by atoms with Crippen molar-refractivity contribution in [2.75, 3.05) is 13.6 Å². The smallest absolute Gasteiger partial charge is 0.253 e. The van der Waals surface area contributed by atoms with E-state index in [0.717, 1.165) is 34.6 Å². The molecule has 32 heavy (non-hydrogen) atoms. The van der Waals surface area contributed by atoms with Crippen molar-refractivity contribution in [1.82, 2.24) is 24.9 Å². The van der Waals surface area contributed by atoms with Crippen LogP contribution in [0, 0.1) is 0 Å². The average Bonchev–Trinajstić information content (AvgIpc) is 3.50. The average molecular weight is 422 g/mol. The van der Waals surface area contributed by atoms with Crippen LogP contribution in [0.1, 0.15) is 32.7 Å². The van der Waals surface area contributed by atoms with Gasteiger partial charge in [0.15, 0.2) is 0 Å². The Labute approximate surface area is 186 Å². The Morgan fingerprint density at radius 3 is 2.62 bits per heavy atom. The van der Waals surface area contributed by atoms with E-state index < -0.39 is 0 Å². The molecule has 7 nitrogen and oxygen atoms in total. The summed E-state index contributed by atoms with van der Waals surface area (Å²) in [7, 11) is 1.82. The Morgan fingerprint density at radius 1 is 1.03 bits per heavy atom. The highest BCUT2D eigenvalue weighted by atomic mass is 16.2. The third-order valence-electron chi connectivity index (χ3n) is 5.63. The van der Waals surface area contributed by atoms with E-state index in [-0.39, 0.29) is 5.91 Å². The number of benzene rings is 2. The minimum atomic E-state index is -0.0122. The van der Waals surface area contributed by atoms with Crippen LogP contribution in [0.2, 0.25) is 0 Å². The first-order chi connectivity index (χ1) is 15.7. The molecule has 7 heteroatoms. The molecule has 0 atom stereocenters. The third kappa shape index (κ3) is 3.92. The fourth-order valence-electron chi connectivity index (χ4n) is 3.78. The van der Waals surface area contributed by atoms with Crippen molar-refractivity contribution in [2.24, 2.45) is 4.99 Å². The second-order valence-electron chi connectivity index (χ2n) is 7.75. The standard InChI is InChI=1S/C25H22N6O/c1-30(15-12-18-10-13-26-14-11-18)25(32)19-6-8-21(9-7-19)31-17-23(28-29-31)24-22-5-3-2-4-20(22)16-27-24/h2-11,13-14,17H,12,15-16H2,1H3. The molecule has 0 saturated carbocycles. The molecule has 158 valence electrons. The van der Waals surface area contributed by atoms with Gasteiger partial charge in [-0.1, -0.05) is 29.5 Å². The maximum atomic E-state index is 12.8. The Bertz CT molecular complexity index is 1280. The molecule has 0 bridgehead atoms. The second kappa shape index (κ2) is 8.55. The van der Waals surface area contributed by atoms with Crippen LogP contribution in [0.4, 0.5) is 0 Å². The first-order valence-corrected chi connectivity index (χ1v) is 10.5. The molecule has 0 spiro atoms.